The van der Waals surface area contributed by atoms with Crippen molar-refractivity contribution < 1.29 is 14.3 Å². The van der Waals surface area contributed by atoms with Gasteiger partial charge in [-0.05, 0) is 36.2 Å². The van der Waals surface area contributed by atoms with Gasteiger partial charge >= 0.3 is 5.97 Å². The molecule has 1 amide bonds. The van der Waals surface area contributed by atoms with Crippen LogP contribution < -0.4 is 5.32 Å². The van der Waals surface area contributed by atoms with Gasteiger partial charge in [0.2, 0.25) is 0 Å². The van der Waals surface area contributed by atoms with E-state index in [2.05, 4.69) is 26.3 Å². The van der Waals surface area contributed by atoms with Crippen LogP contribution >= 0.6 is 15.9 Å². The lowest BCUT2D eigenvalue weighted by Gasteiger charge is -2.33. The molecule has 1 aromatic heterocycles. The van der Waals surface area contributed by atoms with Gasteiger partial charge in [0, 0.05) is 17.0 Å². The maximum Gasteiger partial charge on any atom is 0.339 e. The van der Waals surface area contributed by atoms with E-state index >= 15 is 0 Å². The minimum Gasteiger partial charge on any atom is -0.445 e. The van der Waals surface area contributed by atoms with Crippen LogP contribution in [-0.4, -0.2) is 27.3 Å². The van der Waals surface area contributed by atoms with E-state index in [1.165, 1.54) is 0 Å². The molecule has 28 heavy (non-hydrogen) atoms. The van der Waals surface area contributed by atoms with Crippen LogP contribution in [0.1, 0.15) is 28.4 Å². The van der Waals surface area contributed by atoms with Crippen molar-refractivity contribution in [1.82, 2.24) is 9.78 Å². The number of hydrogen-bond donors (Lipinski definition) is 1. The Morgan fingerprint density at radius 1 is 1.25 bits per heavy atom. The molecule has 1 aliphatic rings. The molecule has 0 radical (unpaired) electrons. The smallest absolute Gasteiger partial charge is 0.339 e. The first-order chi connectivity index (χ1) is 13.4. The van der Waals surface area contributed by atoms with Crippen LogP contribution in [0.15, 0.2) is 65.3 Å². The summed E-state index contributed by atoms with van der Waals surface area (Å²) in [6.45, 7) is 2.13. The Morgan fingerprint density at radius 2 is 2.07 bits per heavy atom. The van der Waals surface area contributed by atoms with E-state index in [-0.39, 0.29) is 5.91 Å². The number of anilines is 1. The molecule has 1 atom stereocenters. The summed E-state index contributed by atoms with van der Waals surface area (Å²) in [6.07, 6.45) is 1.94. The summed E-state index contributed by atoms with van der Waals surface area (Å²) in [5, 5.41) is 7.15. The quantitative estimate of drug-likeness (QED) is 0.627. The van der Waals surface area contributed by atoms with Crippen LogP contribution in [0, 0.1) is 0 Å². The summed E-state index contributed by atoms with van der Waals surface area (Å²) in [5.74, 6) is -0.324. The van der Waals surface area contributed by atoms with E-state index < -0.39 is 11.6 Å². The highest BCUT2D eigenvalue weighted by atomic mass is 79.9. The first-order valence-corrected chi connectivity index (χ1v) is 9.63. The van der Waals surface area contributed by atoms with Crippen LogP contribution in [0.25, 0.3) is 0 Å². The number of esters is 1. The lowest BCUT2D eigenvalue weighted by atomic mass is 9.89. The fourth-order valence-corrected chi connectivity index (χ4v) is 3.73. The number of halogens is 1. The van der Waals surface area contributed by atoms with Gasteiger partial charge in [-0.3, -0.25) is 4.79 Å². The predicted octanol–water partition coefficient (Wildman–Crippen LogP) is 3.80. The second-order valence-electron chi connectivity index (χ2n) is 6.91. The Labute approximate surface area is 170 Å². The predicted molar refractivity (Wildman–Crippen MR) is 108 cm³/mol. The number of cyclic esters (lactones) is 1. The van der Waals surface area contributed by atoms with Gasteiger partial charge in [-0.1, -0.05) is 46.3 Å². The summed E-state index contributed by atoms with van der Waals surface area (Å²) in [4.78, 5) is 25.3. The van der Waals surface area contributed by atoms with E-state index in [0.29, 0.717) is 24.3 Å². The Hall–Kier alpha value is -2.93. The lowest BCUT2D eigenvalue weighted by Crippen LogP contribution is -2.49. The second-order valence-corrected chi connectivity index (χ2v) is 7.83. The number of ether oxygens (including phenoxy) is 1. The normalized spacial score (nSPS) is 18.3. The molecule has 0 fully saturated rings. The molecule has 1 aliphatic heterocycles. The largest absolute Gasteiger partial charge is 0.445 e. The number of hydrogen-bond acceptors (Lipinski definition) is 4. The molecule has 4 rings (SSSR count). The summed E-state index contributed by atoms with van der Waals surface area (Å²) in [6, 6.07) is 16.8. The van der Waals surface area contributed by atoms with Crippen LogP contribution in [0.4, 0.5) is 5.82 Å². The number of rotatable bonds is 4. The Morgan fingerprint density at radius 3 is 2.89 bits per heavy atom. The molecule has 142 valence electrons. The third-order valence-electron chi connectivity index (χ3n) is 4.74. The zero-order valence-corrected chi connectivity index (χ0v) is 16.8. The van der Waals surface area contributed by atoms with Crippen molar-refractivity contribution in [2.24, 2.45) is 0 Å². The fourth-order valence-electron chi connectivity index (χ4n) is 3.28. The molecule has 0 saturated heterocycles. The number of fused-ring (bicyclic) bond motifs is 1. The Bertz CT molecular complexity index is 1060. The van der Waals surface area contributed by atoms with Crippen LogP contribution in [-0.2, 0) is 22.5 Å². The molecule has 3 aromatic rings. The number of benzene rings is 2. The van der Waals surface area contributed by atoms with Crippen molar-refractivity contribution in [3.8, 4) is 0 Å². The number of aromatic nitrogens is 2. The molecule has 6 nitrogen and oxygen atoms in total. The standard InChI is InChI=1S/C21H18BrN3O3/c1-21(12-15-6-2-3-8-17(15)19(26)28-21)20(27)24-18-9-10-23-25(18)13-14-5-4-7-16(22)11-14/h2-11H,12-13H2,1H3,(H,24,27). The second kappa shape index (κ2) is 7.24. The minimum absolute atomic E-state index is 0.320. The van der Waals surface area contributed by atoms with Gasteiger partial charge in [-0.15, -0.1) is 0 Å². The number of carbonyl (C=O) groups excluding carboxylic acids is 2. The van der Waals surface area contributed by atoms with Gasteiger partial charge in [-0.2, -0.15) is 5.10 Å². The summed E-state index contributed by atoms with van der Waals surface area (Å²) >= 11 is 3.46. The van der Waals surface area contributed by atoms with Crippen molar-refractivity contribution in [2.45, 2.75) is 25.5 Å². The van der Waals surface area contributed by atoms with Crippen molar-refractivity contribution in [2.75, 3.05) is 5.32 Å². The third-order valence-corrected chi connectivity index (χ3v) is 5.24. The van der Waals surface area contributed by atoms with Crippen LogP contribution in [0.3, 0.4) is 0 Å². The van der Waals surface area contributed by atoms with Gasteiger partial charge in [-0.25, -0.2) is 9.48 Å². The molecular weight excluding hydrogens is 422 g/mol. The first kappa shape index (κ1) is 18.4. The molecule has 0 saturated carbocycles. The highest BCUT2D eigenvalue weighted by Crippen LogP contribution is 2.29. The zero-order valence-electron chi connectivity index (χ0n) is 15.2. The topological polar surface area (TPSA) is 73.2 Å². The van der Waals surface area contributed by atoms with Crippen molar-refractivity contribution >= 4 is 33.6 Å². The zero-order chi connectivity index (χ0) is 19.7. The molecule has 1 N–H and O–H groups in total. The molecule has 2 heterocycles. The van der Waals surface area contributed by atoms with E-state index in [0.717, 1.165) is 15.6 Å². The molecule has 0 spiro atoms. The SMILES string of the molecule is CC1(C(=O)Nc2ccnn2Cc2cccc(Br)c2)Cc2ccccc2C(=O)O1. The van der Waals surface area contributed by atoms with Crippen LogP contribution in [0.2, 0.25) is 0 Å². The number of amides is 1. The van der Waals surface area contributed by atoms with Crippen molar-refractivity contribution in [3.63, 3.8) is 0 Å². The highest BCUT2D eigenvalue weighted by molar-refractivity contribution is 9.10. The molecule has 1 unspecified atom stereocenters. The monoisotopic (exact) mass is 439 g/mol. The fraction of sp³-hybridized carbons (Fsp3) is 0.190. The number of nitrogens with zero attached hydrogens (tertiary/aromatic N) is 2. The van der Waals surface area contributed by atoms with Gasteiger partial charge in [0.25, 0.3) is 5.91 Å². The minimum atomic E-state index is -1.28. The number of carbonyl (C=O) groups is 2. The third kappa shape index (κ3) is 3.57. The van der Waals surface area contributed by atoms with E-state index in [9.17, 15) is 9.59 Å². The number of nitrogens with one attached hydrogen (secondary N) is 1. The first-order valence-electron chi connectivity index (χ1n) is 8.83. The molecule has 2 aromatic carbocycles. The summed E-state index contributed by atoms with van der Waals surface area (Å²) in [5.41, 5.74) is 1.07. The Balaban J connectivity index is 1.53. The van der Waals surface area contributed by atoms with Gasteiger partial charge in [0.1, 0.15) is 5.82 Å². The maximum atomic E-state index is 13.0. The average molecular weight is 440 g/mol. The summed E-state index contributed by atoms with van der Waals surface area (Å²) < 4.78 is 8.17. The van der Waals surface area contributed by atoms with Crippen molar-refractivity contribution in [1.29, 1.82) is 0 Å². The lowest BCUT2D eigenvalue weighted by molar-refractivity contribution is -0.134. The highest BCUT2D eigenvalue weighted by Gasteiger charge is 2.42. The maximum absolute atomic E-state index is 13.0. The molecular formula is C21H18BrN3O3. The van der Waals surface area contributed by atoms with E-state index in [1.807, 2.05) is 36.4 Å². The van der Waals surface area contributed by atoms with Crippen LogP contribution in [0.5, 0.6) is 0 Å². The van der Waals surface area contributed by atoms with Crippen molar-refractivity contribution in [3.05, 3.63) is 82.0 Å². The average Bonchev–Trinajstić information content (AvgIpc) is 3.08. The molecule has 0 bridgehead atoms. The van der Waals surface area contributed by atoms with E-state index in [4.69, 9.17) is 4.74 Å². The molecule has 7 heteroatoms. The molecule has 0 aliphatic carbocycles. The van der Waals surface area contributed by atoms with Gasteiger partial charge in [0.05, 0.1) is 18.3 Å². The van der Waals surface area contributed by atoms with Gasteiger partial charge in [0.15, 0.2) is 5.60 Å². The Kier molecular flexibility index (Phi) is 4.77. The van der Waals surface area contributed by atoms with E-state index in [1.54, 1.807) is 36.0 Å². The van der Waals surface area contributed by atoms with Gasteiger partial charge < -0.3 is 10.1 Å². The summed E-state index contributed by atoms with van der Waals surface area (Å²) in [7, 11) is 0.